The number of hydrogen-bond acceptors (Lipinski definition) is 7. The van der Waals surface area contributed by atoms with Crippen molar-refractivity contribution in [1.82, 2.24) is 13.8 Å². The summed E-state index contributed by atoms with van der Waals surface area (Å²) in [5.74, 6) is 6.52. The van der Waals surface area contributed by atoms with E-state index >= 15 is 0 Å². The minimum atomic E-state index is -0.804. The number of ether oxygens (including phenoxy) is 1. The van der Waals surface area contributed by atoms with Gasteiger partial charge in [-0.15, -0.1) is 0 Å². The molecule has 4 rings (SSSR count). The molecule has 0 fully saturated rings. The molecule has 0 unspecified atom stereocenters. The molecule has 37 heavy (non-hydrogen) atoms. The zero-order chi connectivity index (χ0) is 26.7. The number of nitrogens with two attached hydrogens (primary N) is 1. The number of aryl methyl sites for hydroxylation is 1. The minimum absolute atomic E-state index is 0.0527. The lowest BCUT2D eigenvalue weighted by atomic mass is 10.2. The monoisotopic (exact) mass is 525 g/mol. The first-order valence-corrected chi connectivity index (χ1v) is 12.2. The zero-order valence-electron chi connectivity index (χ0n) is 20.8. The van der Waals surface area contributed by atoms with Gasteiger partial charge in [0.1, 0.15) is 11.3 Å². The highest BCUT2D eigenvalue weighted by molar-refractivity contribution is 6.30. The van der Waals surface area contributed by atoms with E-state index in [1.807, 2.05) is 6.07 Å². The third-order valence-corrected chi connectivity index (χ3v) is 6.22. The molecule has 2 aromatic carbocycles. The molecule has 2 heterocycles. The standard InChI is InChI=1S/C26H28ClN5O5/c1-4-5-21-14-18-13-20(10-11-22(18)37-21)29-24-30(15-17-6-8-19(27)9-7-17)25(34)31(26(35)32(24)28)16(2)12-23(33)36-3/h6-11,13-14,16H,4-5,12,15,28H2,1-3H3/b29-24-/t16-/m0/s1. The van der Waals surface area contributed by atoms with Gasteiger partial charge in [0.15, 0.2) is 0 Å². The molecule has 0 saturated heterocycles. The number of esters is 1. The molecule has 2 N–H and O–H groups in total. The maximum Gasteiger partial charge on any atom is 0.354 e. The molecule has 0 aliphatic rings. The average molecular weight is 526 g/mol. The number of halogens is 1. The average Bonchev–Trinajstić information content (AvgIpc) is 3.27. The van der Waals surface area contributed by atoms with Crippen LogP contribution in [0.25, 0.3) is 11.0 Å². The normalized spacial score (nSPS) is 12.7. The van der Waals surface area contributed by atoms with Crippen molar-refractivity contribution in [1.29, 1.82) is 0 Å². The van der Waals surface area contributed by atoms with Crippen molar-refractivity contribution in [3.05, 3.63) is 91.5 Å². The molecule has 0 aliphatic heterocycles. The molecule has 10 nitrogen and oxygen atoms in total. The maximum atomic E-state index is 13.6. The molecule has 4 aromatic rings. The summed E-state index contributed by atoms with van der Waals surface area (Å²) in [6, 6.07) is 13.4. The minimum Gasteiger partial charge on any atom is -0.469 e. The van der Waals surface area contributed by atoms with Gasteiger partial charge in [-0.05, 0) is 55.3 Å². The number of benzene rings is 2. The Morgan fingerprint density at radius 1 is 1.14 bits per heavy atom. The summed E-state index contributed by atoms with van der Waals surface area (Å²) in [6.07, 6.45) is 1.58. The van der Waals surface area contributed by atoms with Crippen LogP contribution in [0.5, 0.6) is 0 Å². The Bertz CT molecular complexity index is 1630. The van der Waals surface area contributed by atoms with Crippen LogP contribution in [0.3, 0.4) is 0 Å². The van der Waals surface area contributed by atoms with Gasteiger partial charge in [0.25, 0.3) is 0 Å². The molecule has 0 spiro atoms. The first kappa shape index (κ1) is 26.0. The van der Waals surface area contributed by atoms with E-state index in [4.69, 9.17) is 26.6 Å². The second-order valence-electron chi connectivity index (χ2n) is 8.74. The van der Waals surface area contributed by atoms with Gasteiger partial charge in [-0.25, -0.2) is 19.1 Å². The van der Waals surface area contributed by atoms with Crippen LogP contribution in [-0.4, -0.2) is 26.9 Å². The van der Waals surface area contributed by atoms with Gasteiger partial charge >= 0.3 is 17.3 Å². The Morgan fingerprint density at radius 3 is 2.54 bits per heavy atom. The van der Waals surface area contributed by atoms with E-state index < -0.39 is 23.4 Å². The molecule has 194 valence electrons. The molecule has 0 amide bonds. The van der Waals surface area contributed by atoms with Gasteiger partial charge in [-0.3, -0.25) is 9.36 Å². The van der Waals surface area contributed by atoms with Crippen LogP contribution in [0, 0.1) is 0 Å². The highest BCUT2D eigenvalue weighted by Gasteiger charge is 2.20. The van der Waals surface area contributed by atoms with Gasteiger partial charge < -0.3 is 15.0 Å². The van der Waals surface area contributed by atoms with Crippen LogP contribution in [0.4, 0.5) is 5.69 Å². The van der Waals surface area contributed by atoms with Crippen LogP contribution in [0.2, 0.25) is 5.02 Å². The number of nitrogen functional groups attached to an aromatic ring is 1. The summed E-state index contributed by atoms with van der Waals surface area (Å²) < 4.78 is 13.6. The predicted molar refractivity (Wildman–Crippen MR) is 140 cm³/mol. The lowest BCUT2D eigenvalue weighted by Gasteiger charge is -2.18. The quantitative estimate of drug-likeness (QED) is 0.278. The number of hydrogen-bond donors (Lipinski definition) is 1. The number of rotatable bonds is 8. The van der Waals surface area contributed by atoms with Gasteiger partial charge in [0.05, 0.1) is 31.8 Å². The van der Waals surface area contributed by atoms with Crippen LogP contribution in [-0.2, 0) is 22.5 Å². The van der Waals surface area contributed by atoms with E-state index in [2.05, 4.69) is 11.9 Å². The van der Waals surface area contributed by atoms with E-state index in [1.54, 1.807) is 49.4 Å². The molecule has 2 aromatic heterocycles. The smallest absolute Gasteiger partial charge is 0.354 e. The summed E-state index contributed by atoms with van der Waals surface area (Å²) in [5, 5.41) is 1.39. The largest absolute Gasteiger partial charge is 0.469 e. The topological polar surface area (TPSA) is 127 Å². The van der Waals surface area contributed by atoms with Crippen LogP contribution in [0.15, 0.2) is 67.5 Å². The van der Waals surface area contributed by atoms with E-state index in [0.717, 1.165) is 38.8 Å². The van der Waals surface area contributed by atoms with E-state index in [0.29, 0.717) is 16.3 Å². The van der Waals surface area contributed by atoms with Gasteiger partial charge in [-0.1, -0.05) is 30.7 Å². The Hall–Kier alpha value is -4.05. The fourth-order valence-corrected chi connectivity index (χ4v) is 4.21. The number of fused-ring (bicyclic) bond motifs is 1. The first-order valence-electron chi connectivity index (χ1n) is 11.8. The summed E-state index contributed by atoms with van der Waals surface area (Å²) in [7, 11) is 1.24. The highest BCUT2D eigenvalue weighted by atomic mass is 35.5. The number of furan rings is 1. The summed E-state index contributed by atoms with van der Waals surface area (Å²) >= 11 is 6.02. The molecular formula is C26H28ClN5O5. The van der Waals surface area contributed by atoms with Crippen molar-refractivity contribution in [2.45, 2.75) is 45.7 Å². The van der Waals surface area contributed by atoms with Crippen LogP contribution >= 0.6 is 11.6 Å². The van der Waals surface area contributed by atoms with Crippen molar-refractivity contribution in [2.75, 3.05) is 13.0 Å². The molecule has 0 aliphatic carbocycles. The molecule has 11 heteroatoms. The molecule has 1 atom stereocenters. The van der Waals surface area contributed by atoms with Gasteiger partial charge in [0.2, 0.25) is 5.62 Å². The van der Waals surface area contributed by atoms with Crippen LogP contribution in [0.1, 0.15) is 44.1 Å². The van der Waals surface area contributed by atoms with Crippen molar-refractivity contribution in [2.24, 2.45) is 4.99 Å². The lowest BCUT2D eigenvalue weighted by molar-refractivity contribution is -0.141. The third-order valence-electron chi connectivity index (χ3n) is 5.97. The van der Waals surface area contributed by atoms with E-state index in [1.165, 1.54) is 11.7 Å². The predicted octanol–water partition coefficient (Wildman–Crippen LogP) is 3.28. The number of carbonyl (C=O) groups excluding carboxylic acids is 1. The summed E-state index contributed by atoms with van der Waals surface area (Å²) in [5.41, 5.74) is 0.424. The second-order valence-corrected chi connectivity index (χ2v) is 9.18. The SMILES string of the molecule is CCCc1cc2cc(/N=c3\n(N)c(=O)n([C@@H](C)CC(=O)OC)c(=O)n3Cc3ccc(Cl)cc3)ccc2o1. The van der Waals surface area contributed by atoms with Crippen molar-refractivity contribution in [3.63, 3.8) is 0 Å². The van der Waals surface area contributed by atoms with Gasteiger partial charge in [-0.2, -0.15) is 4.68 Å². The highest BCUT2D eigenvalue weighted by Crippen LogP contribution is 2.25. The fraction of sp³-hybridized carbons (Fsp3) is 0.308. The number of carbonyl (C=O) groups is 1. The van der Waals surface area contributed by atoms with Crippen molar-refractivity contribution >= 4 is 34.2 Å². The molecular weight excluding hydrogens is 498 g/mol. The molecule has 0 bridgehead atoms. The van der Waals surface area contributed by atoms with E-state index in [-0.39, 0.29) is 18.6 Å². The number of nitrogens with zero attached hydrogens (tertiary/aromatic N) is 4. The second kappa shape index (κ2) is 10.9. The van der Waals surface area contributed by atoms with Crippen molar-refractivity contribution in [3.8, 4) is 0 Å². The summed E-state index contributed by atoms with van der Waals surface area (Å²) in [6.45, 7) is 3.71. The van der Waals surface area contributed by atoms with E-state index in [9.17, 15) is 14.4 Å². The first-order chi connectivity index (χ1) is 17.7. The van der Waals surface area contributed by atoms with Gasteiger partial charge in [0, 0.05) is 16.8 Å². The summed E-state index contributed by atoms with van der Waals surface area (Å²) in [4.78, 5) is 43.3. The van der Waals surface area contributed by atoms with Crippen LogP contribution < -0.4 is 22.8 Å². The fourth-order valence-electron chi connectivity index (χ4n) is 4.09. The zero-order valence-corrected chi connectivity index (χ0v) is 21.6. The maximum absolute atomic E-state index is 13.6. The Morgan fingerprint density at radius 2 is 1.86 bits per heavy atom. The third kappa shape index (κ3) is 5.54. The number of aromatic nitrogens is 3. The van der Waals surface area contributed by atoms with Crippen molar-refractivity contribution < 1.29 is 13.9 Å². The number of methoxy groups -OCH3 is 1. The Balaban J connectivity index is 1.92. The Labute approximate surface area is 217 Å². The molecule has 0 saturated carbocycles. The lowest BCUT2D eigenvalue weighted by Crippen LogP contribution is -2.58. The molecule has 0 radical (unpaired) electrons. The Kier molecular flexibility index (Phi) is 7.68.